The fourth-order valence-electron chi connectivity index (χ4n) is 3.27. The molecule has 1 aliphatic heterocycles. The van der Waals surface area contributed by atoms with Crippen molar-refractivity contribution in [3.05, 3.63) is 56.8 Å². The monoisotopic (exact) mass is 341 g/mol. The Morgan fingerprint density at radius 2 is 2.08 bits per heavy atom. The number of hydrogen-bond acceptors (Lipinski definition) is 4. The molecule has 2 heterocycles. The Labute approximate surface area is 149 Å². The molecule has 1 N–H and O–H groups in total. The summed E-state index contributed by atoms with van der Waals surface area (Å²) in [5.41, 5.74) is 3.99. The number of ether oxygens (including phenoxy) is 1. The number of aromatic amines is 1. The number of aryl methyl sites for hydroxylation is 1. The molecule has 5 nitrogen and oxygen atoms in total. The number of benzene rings is 1. The quantitative estimate of drug-likeness (QED) is 0.932. The molecule has 0 saturated carbocycles. The molecule has 0 radical (unpaired) electrons. The minimum atomic E-state index is -0.147. The number of nitrogens with one attached hydrogen (secondary N) is 1. The SMILES string of the molecule is COc1ccc(CN2CCc3nc(C(C)(C)C)[nH]c(=O)c3C2)cc1C. The average Bonchev–Trinajstić information content (AvgIpc) is 2.54. The molecule has 0 bridgehead atoms. The highest BCUT2D eigenvalue weighted by atomic mass is 16.5. The highest BCUT2D eigenvalue weighted by Crippen LogP contribution is 2.23. The Morgan fingerprint density at radius 1 is 1.32 bits per heavy atom. The van der Waals surface area contributed by atoms with Crippen LogP contribution in [0.3, 0.4) is 0 Å². The van der Waals surface area contributed by atoms with Crippen LogP contribution in [0.25, 0.3) is 0 Å². The van der Waals surface area contributed by atoms with Gasteiger partial charge in [-0.3, -0.25) is 9.69 Å². The summed E-state index contributed by atoms with van der Waals surface area (Å²) in [4.78, 5) is 22.5. The first-order valence-electron chi connectivity index (χ1n) is 8.76. The Morgan fingerprint density at radius 3 is 2.72 bits per heavy atom. The lowest BCUT2D eigenvalue weighted by atomic mass is 9.95. The summed E-state index contributed by atoms with van der Waals surface area (Å²) >= 11 is 0. The van der Waals surface area contributed by atoms with Crippen LogP contribution in [0.15, 0.2) is 23.0 Å². The van der Waals surface area contributed by atoms with Crippen LogP contribution in [0.4, 0.5) is 0 Å². The molecule has 0 unspecified atom stereocenters. The first kappa shape index (κ1) is 17.7. The molecular weight excluding hydrogens is 314 g/mol. The summed E-state index contributed by atoms with van der Waals surface area (Å²) < 4.78 is 5.32. The topological polar surface area (TPSA) is 58.2 Å². The third-order valence-corrected chi connectivity index (χ3v) is 4.72. The zero-order valence-corrected chi connectivity index (χ0v) is 15.8. The van der Waals surface area contributed by atoms with Crippen molar-refractivity contribution in [1.82, 2.24) is 14.9 Å². The smallest absolute Gasteiger partial charge is 0.255 e. The lowest BCUT2D eigenvalue weighted by Gasteiger charge is -2.29. The van der Waals surface area contributed by atoms with Crippen molar-refractivity contribution in [2.45, 2.75) is 52.6 Å². The Hall–Kier alpha value is -2.14. The maximum atomic E-state index is 12.5. The fourth-order valence-corrected chi connectivity index (χ4v) is 3.27. The van der Waals surface area contributed by atoms with Gasteiger partial charge >= 0.3 is 0 Å². The third-order valence-electron chi connectivity index (χ3n) is 4.72. The van der Waals surface area contributed by atoms with Crippen LogP contribution < -0.4 is 10.3 Å². The number of rotatable bonds is 3. The largest absolute Gasteiger partial charge is 0.496 e. The summed E-state index contributed by atoms with van der Waals surface area (Å²) in [6.07, 6.45) is 0.817. The minimum absolute atomic E-state index is 0.00513. The minimum Gasteiger partial charge on any atom is -0.496 e. The molecule has 0 aliphatic carbocycles. The number of hydrogen-bond donors (Lipinski definition) is 1. The van der Waals surface area contributed by atoms with Crippen molar-refractivity contribution in [3.8, 4) is 5.75 Å². The highest BCUT2D eigenvalue weighted by molar-refractivity contribution is 5.36. The number of fused-ring (bicyclic) bond motifs is 1. The molecule has 134 valence electrons. The van der Waals surface area contributed by atoms with Crippen LogP contribution in [0.2, 0.25) is 0 Å². The first-order valence-corrected chi connectivity index (χ1v) is 8.76. The molecule has 25 heavy (non-hydrogen) atoms. The normalized spacial score (nSPS) is 15.1. The number of aromatic nitrogens is 2. The lowest BCUT2D eigenvalue weighted by molar-refractivity contribution is 0.241. The summed E-state index contributed by atoms with van der Waals surface area (Å²) in [6.45, 7) is 10.6. The maximum Gasteiger partial charge on any atom is 0.255 e. The van der Waals surface area contributed by atoms with Gasteiger partial charge in [0.25, 0.3) is 5.56 Å². The summed E-state index contributed by atoms with van der Waals surface area (Å²) in [5, 5.41) is 0. The molecule has 3 rings (SSSR count). The number of methoxy groups -OCH3 is 1. The highest BCUT2D eigenvalue weighted by Gasteiger charge is 2.24. The van der Waals surface area contributed by atoms with E-state index in [-0.39, 0.29) is 11.0 Å². The van der Waals surface area contributed by atoms with Crippen LogP contribution in [0.5, 0.6) is 5.75 Å². The van der Waals surface area contributed by atoms with E-state index >= 15 is 0 Å². The van der Waals surface area contributed by atoms with E-state index in [9.17, 15) is 4.79 Å². The Bertz CT molecular complexity index is 834. The van der Waals surface area contributed by atoms with Gasteiger partial charge < -0.3 is 9.72 Å². The van der Waals surface area contributed by atoms with E-state index in [1.165, 1.54) is 5.56 Å². The molecule has 0 amide bonds. The summed E-state index contributed by atoms with van der Waals surface area (Å²) in [7, 11) is 1.69. The van der Waals surface area contributed by atoms with Gasteiger partial charge in [-0.05, 0) is 24.1 Å². The van der Waals surface area contributed by atoms with Gasteiger partial charge in [-0.1, -0.05) is 32.9 Å². The van der Waals surface area contributed by atoms with Gasteiger partial charge in [0.15, 0.2) is 0 Å². The van der Waals surface area contributed by atoms with Crippen molar-refractivity contribution < 1.29 is 4.74 Å². The van der Waals surface area contributed by atoms with Crippen LogP contribution in [-0.4, -0.2) is 28.5 Å². The first-order chi connectivity index (χ1) is 11.8. The van der Waals surface area contributed by atoms with E-state index in [0.29, 0.717) is 6.54 Å². The number of nitrogens with zero attached hydrogens (tertiary/aromatic N) is 2. The molecule has 0 spiro atoms. The average molecular weight is 341 g/mol. The standard InChI is InChI=1S/C20H27N3O2/c1-13-10-14(6-7-17(13)25-5)11-23-9-8-16-15(12-23)18(24)22-19(21-16)20(2,3)4/h6-7,10H,8-9,11-12H2,1-5H3,(H,21,22,24). The molecule has 5 heteroatoms. The zero-order chi connectivity index (χ0) is 18.2. The lowest BCUT2D eigenvalue weighted by Crippen LogP contribution is -2.37. The Balaban J connectivity index is 1.80. The molecule has 2 aromatic rings. The molecular formula is C20H27N3O2. The van der Waals surface area contributed by atoms with E-state index in [0.717, 1.165) is 47.9 Å². The van der Waals surface area contributed by atoms with Crippen molar-refractivity contribution in [3.63, 3.8) is 0 Å². The fraction of sp³-hybridized carbons (Fsp3) is 0.500. The summed E-state index contributed by atoms with van der Waals surface area (Å²) in [5.74, 6) is 1.68. The number of H-pyrrole nitrogens is 1. The predicted molar refractivity (Wildman–Crippen MR) is 99.1 cm³/mol. The van der Waals surface area contributed by atoms with E-state index in [4.69, 9.17) is 9.72 Å². The van der Waals surface area contributed by atoms with Crippen LogP contribution >= 0.6 is 0 Å². The second kappa shape index (κ2) is 6.64. The molecule has 0 atom stereocenters. The second-order valence-electron chi connectivity index (χ2n) is 7.85. The van der Waals surface area contributed by atoms with Gasteiger partial charge in [-0.15, -0.1) is 0 Å². The molecule has 1 aliphatic rings. The van der Waals surface area contributed by atoms with Gasteiger partial charge in [-0.2, -0.15) is 0 Å². The van der Waals surface area contributed by atoms with Crippen molar-refractivity contribution in [2.75, 3.05) is 13.7 Å². The summed E-state index contributed by atoms with van der Waals surface area (Å²) in [6, 6.07) is 6.25. The van der Waals surface area contributed by atoms with E-state index in [1.807, 2.05) is 6.07 Å². The maximum absolute atomic E-state index is 12.5. The van der Waals surface area contributed by atoms with E-state index < -0.39 is 0 Å². The van der Waals surface area contributed by atoms with Gasteiger partial charge in [-0.25, -0.2) is 4.98 Å². The molecule has 0 saturated heterocycles. The van der Waals surface area contributed by atoms with Gasteiger partial charge in [0.2, 0.25) is 0 Å². The van der Waals surface area contributed by atoms with E-state index in [1.54, 1.807) is 7.11 Å². The molecule has 0 fully saturated rings. The van der Waals surface area contributed by atoms with Crippen LogP contribution in [0.1, 0.15) is 49.0 Å². The van der Waals surface area contributed by atoms with E-state index in [2.05, 4.69) is 49.7 Å². The van der Waals surface area contributed by atoms with Crippen LogP contribution in [-0.2, 0) is 24.9 Å². The third kappa shape index (κ3) is 3.76. The van der Waals surface area contributed by atoms with Crippen LogP contribution in [0, 0.1) is 6.92 Å². The molecule has 1 aromatic heterocycles. The van der Waals surface area contributed by atoms with Crippen molar-refractivity contribution in [1.29, 1.82) is 0 Å². The zero-order valence-electron chi connectivity index (χ0n) is 15.8. The van der Waals surface area contributed by atoms with Crippen molar-refractivity contribution in [2.24, 2.45) is 0 Å². The predicted octanol–water partition coefficient (Wildman–Crippen LogP) is 2.94. The van der Waals surface area contributed by atoms with Gasteiger partial charge in [0.1, 0.15) is 11.6 Å². The van der Waals surface area contributed by atoms with Gasteiger partial charge in [0, 0.05) is 31.5 Å². The van der Waals surface area contributed by atoms with Gasteiger partial charge in [0.05, 0.1) is 18.4 Å². The second-order valence-corrected chi connectivity index (χ2v) is 7.85. The molecule has 1 aromatic carbocycles. The Kier molecular flexibility index (Phi) is 4.69. The van der Waals surface area contributed by atoms with Crippen molar-refractivity contribution >= 4 is 0 Å².